The van der Waals surface area contributed by atoms with E-state index in [1.54, 1.807) is 18.5 Å². The fourth-order valence-electron chi connectivity index (χ4n) is 4.62. The number of nitrogens with one attached hydrogen (secondary N) is 1. The summed E-state index contributed by atoms with van der Waals surface area (Å²) < 4.78 is 0. The molecule has 2 N–H and O–H groups in total. The normalized spacial score (nSPS) is 27.6. The number of carbonyl (C=O) groups excluding carboxylic acids is 1. The van der Waals surface area contributed by atoms with Gasteiger partial charge in [0, 0.05) is 35.6 Å². The van der Waals surface area contributed by atoms with E-state index in [0.717, 1.165) is 18.4 Å². The quantitative estimate of drug-likeness (QED) is 0.897. The highest BCUT2D eigenvalue weighted by molar-refractivity contribution is 5.97. The minimum atomic E-state index is -0.794. The van der Waals surface area contributed by atoms with Crippen molar-refractivity contribution < 1.29 is 14.7 Å². The molecule has 2 fully saturated rings. The van der Waals surface area contributed by atoms with Crippen LogP contribution in [0.2, 0.25) is 0 Å². The predicted octanol–water partition coefficient (Wildman–Crippen LogP) is 2.93. The molecule has 0 aliphatic carbocycles. The van der Waals surface area contributed by atoms with E-state index in [9.17, 15) is 14.7 Å². The third-order valence-corrected chi connectivity index (χ3v) is 5.91. The molecule has 0 saturated carbocycles. The molecule has 130 valence electrons. The smallest absolute Gasteiger partial charge is 0.311 e. The molecule has 2 aliphatic rings. The molecule has 2 aliphatic heterocycles. The number of rotatable bonds is 4. The predicted molar refractivity (Wildman–Crippen MR) is 92.0 cm³/mol. The number of aromatic nitrogens is 2. The van der Waals surface area contributed by atoms with Gasteiger partial charge in [0.05, 0.1) is 5.41 Å². The van der Waals surface area contributed by atoms with Crippen LogP contribution < -0.4 is 0 Å². The zero-order valence-electron chi connectivity index (χ0n) is 14.1. The number of carbonyl (C=O) groups is 2. The highest BCUT2D eigenvalue weighted by Crippen LogP contribution is 2.52. The lowest BCUT2D eigenvalue weighted by atomic mass is 9.72. The lowest BCUT2D eigenvalue weighted by molar-refractivity contribution is -0.151. The summed E-state index contributed by atoms with van der Waals surface area (Å²) in [5, 5.41) is 9.77. The number of hydrogen-bond donors (Lipinski definition) is 2. The molecular formula is C19H21N3O3. The van der Waals surface area contributed by atoms with Crippen molar-refractivity contribution in [2.24, 2.45) is 5.41 Å². The van der Waals surface area contributed by atoms with Gasteiger partial charge in [0.1, 0.15) is 5.82 Å². The molecule has 6 nitrogen and oxygen atoms in total. The minimum absolute atomic E-state index is 0.0285. The summed E-state index contributed by atoms with van der Waals surface area (Å²) in [5.74, 6) is -0.130. The average Bonchev–Trinajstić information content (AvgIpc) is 3.36. The van der Waals surface area contributed by atoms with Crippen molar-refractivity contribution in [1.82, 2.24) is 14.9 Å². The van der Waals surface area contributed by atoms with Gasteiger partial charge in [0.2, 0.25) is 0 Å². The average molecular weight is 339 g/mol. The van der Waals surface area contributed by atoms with Gasteiger partial charge in [-0.3, -0.25) is 9.59 Å². The van der Waals surface area contributed by atoms with Crippen LogP contribution in [0.5, 0.6) is 0 Å². The topological polar surface area (TPSA) is 86.3 Å². The van der Waals surface area contributed by atoms with Gasteiger partial charge in [-0.05, 0) is 37.8 Å². The molecule has 25 heavy (non-hydrogen) atoms. The van der Waals surface area contributed by atoms with Gasteiger partial charge in [-0.25, -0.2) is 4.98 Å². The van der Waals surface area contributed by atoms with E-state index in [2.05, 4.69) is 9.97 Å². The maximum Gasteiger partial charge on any atom is 0.311 e. The van der Waals surface area contributed by atoms with Crippen LogP contribution in [0, 0.1) is 5.41 Å². The molecule has 2 bridgehead atoms. The molecule has 4 rings (SSSR count). The molecule has 0 spiro atoms. The Balaban J connectivity index is 1.66. The van der Waals surface area contributed by atoms with Gasteiger partial charge in [0.15, 0.2) is 0 Å². The zero-order valence-corrected chi connectivity index (χ0v) is 14.1. The Morgan fingerprint density at radius 2 is 2.24 bits per heavy atom. The summed E-state index contributed by atoms with van der Waals surface area (Å²) in [6.45, 7) is 1.91. The standard InChI is InChI=1S/C19H21N3O3/c1-2-19(18(24)25)11-14-6-7-15(19)22(14)17(23)13-5-3-4-12(10-13)16-20-8-9-21-16/h3-5,8-10,14-15H,2,6-7,11H2,1H3,(H,20,21)(H,24,25)/t14-,15+,19+/m0/s1. The first-order chi connectivity index (χ1) is 12.1. The molecule has 2 aromatic rings. The fourth-order valence-corrected chi connectivity index (χ4v) is 4.62. The van der Waals surface area contributed by atoms with Gasteiger partial charge < -0.3 is 15.0 Å². The first-order valence-corrected chi connectivity index (χ1v) is 8.72. The summed E-state index contributed by atoms with van der Waals surface area (Å²) in [6.07, 6.45) is 6.20. The van der Waals surface area contributed by atoms with Gasteiger partial charge in [-0.15, -0.1) is 0 Å². The number of hydrogen-bond acceptors (Lipinski definition) is 3. The van der Waals surface area contributed by atoms with Crippen LogP contribution >= 0.6 is 0 Å². The minimum Gasteiger partial charge on any atom is -0.481 e. The summed E-state index contributed by atoms with van der Waals surface area (Å²) in [6, 6.07) is 7.18. The Hall–Kier alpha value is -2.63. The molecule has 1 aromatic carbocycles. The number of fused-ring (bicyclic) bond motifs is 2. The van der Waals surface area contributed by atoms with Gasteiger partial charge in [-0.1, -0.05) is 19.1 Å². The monoisotopic (exact) mass is 339 g/mol. The molecular weight excluding hydrogens is 318 g/mol. The Morgan fingerprint density at radius 1 is 1.40 bits per heavy atom. The van der Waals surface area contributed by atoms with E-state index in [0.29, 0.717) is 24.2 Å². The number of aliphatic carboxylic acids is 1. The van der Waals surface area contributed by atoms with Crippen molar-refractivity contribution >= 4 is 11.9 Å². The van der Waals surface area contributed by atoms with Crippen LogP contribution in [0.25, 0.3) is 11.4 Å². The van der Waals surface area contributed by atoms with Crippen molar-refractivity contribution in [3.8, 4) is 11.4 Å². The SMILES string of the molecule is CC[C@@]1(C(=O)O)C[C@@H]2CC[C@H]1N2C(=O)c1cccc(-c2ncc[nH]2)c1. The first-order valence-electron chi connectivity index (χ1n) is 8.72. The molecule has 1 amide bonds. The number of imidazole rings is 1. The van der Waals surface area contributed by atoms with E-state index in [4.69, 9.17) is 0 Å². The van der Waals surface area contributed by atoms with Crippen molar-refractivity contribution in [2.75, 3.05) is 0 Å². The van der Waals surface area contributed by atoms with Crippen molar-refractivity contribution in [3.63, 3.8) is 0 Å². The van der Waals surface area contributed by atoms with Gasteiger partial charge in [0.25, 0.3) is 5.91 Å². The third kappa shape index (κ3) is 2.27. The molecule has 1 aromatic heterocycles. The number of carboxylic acid groups (broad SMARTS) is 1. The Bertz CT molecular complexity index is 817. The second kappa shape index (κ2) is 5.72. The van der Waals surface area contributed by atoms with Gasteiger partial charge >= 0.3 is 5.97 Å². The number of carboxylic acids is 1. The lowest BCUT2D eigenvalue weighted by Crippen LogP contribution is -2.44. The van der Waals surface area contributed by atoms with Crippen molar-refractivity contribution in [3.05, 3.63) is 42.2 Å². The third-order valence-electron chi connectivity index (χ3n) is 5.91. The van der Waals surface area contributed by atoms with Crippen LogP contribution in [0.3, 0.4) is 0 Å². The Kier molecular flexibility index (Phi) is 3.63. The molecule has 3 heterocycles. The summed E-state index contributed by atoms with van der Waals surface area (Å²) in [4.78, 5) is 34.2. The second-order valence-electron chi connectivity index (χ2n) is 7.00. The Morgan fingerprint density at radius 3 is 2.88 bits per heavy atom. The van der Waals surface area contributed by atoms with Crippen LogP contribution in [0.4, 0.5) is 0 Å². The number of nitrogens with zero attached hydrogens (tertiary/aromatic N) is 2. The highest BCUT2D eigenvalue weighted by atomic mass is 16.4. The summed E-state index contributed by atoms with van der Waals surface area (Å²) in [7, 11) is 0. The van der Waals surface area contributed by atoms with E-state index in [-0.39, 0.29) is 18.0 Å². The van der Waals surface area contributed by atoms with E-state index < -0.39 is 11.4 Å². The lowest BCUT2D eigenvalue weighted by Gasteiger charge is -2.32. The molecule has 6 heteroatoms. The second-order valence-corrected chi connectivity index (χ2v) is 7.00. The molecule has 2 saturated heterocycles. The molecule has 0 radical (unpaired) electrons. The molecule has 0 unspecified atom stereocenters. The zero-order chi connectivity index (χ0) is 17.6. The van der Waals surface area contributed by atoms with Crippen LogP contribution in [0.15, 0.2) is 36.7 Å². The van der Waals surface area contributed by atoms with E-state index in [1.807, 2.05) is 30.0 Å². The Labute approximate surface area is 145 Å². The van der Waals surface area contributed by atoms with Crippen molar-refractivity contribution in [1.29, 1.82) is 0 Å². The van der Waals surface area contributed by atoms with E-state index in [1.165, 1.54) is 0 Å². The fraction of sp³-hybridized carbons (Fsp3) is 0.421. The maximum absolute atomic E-state index is 13.2. The summed E-state index contributed by atoms with van der Waals surface area (Å²) in [5.41, 5.74) is 0.641. The van der Waals surface area contributed by atoms with E-state index >= 15 is 0 Å². The molecule has 3 atom stereocenters. The van der Waals surface area contributed by atoms with Crippen molar-refractivity contribution in [2.45, 2.75) is 44.7 Å². The van der Waals surface area contributed by atoms with Crippen LogP contribution in [0.1, 0.15) is 43.0 Å². The number of H-pyrrole nitrogens is 1. The van der Waals surface area contributed by atoms with Crippen LogP contribution in [-0.2, 0) is 4.79 Å². The summed E-state index contributed by atoms with van der Waals surface area (Å²) >= 11 is 0. The van der Waals surface area contributed by atoms with Gasteiger partial charge in [-0.2, -0.15) is 0 Å². The first kappa shape index (κ1) is 15.9. The highest BCUT2D eigenvalue weighted by Gasteiger charge is 2.60. The van der Waals surface area contributed by atoms with Crippen LogP contribution in [-0.4, -0.2) is 43.9 Å². The largest absolute Gasteiger partial charge is 0.481 e. The number of aromatic amines is 1. The number of benzene rings is 1. The number of amides is 1. The maximum atomic E-state index is 13.2.